The summed E-state index contributed by atoms with van der Waals surface area (Å²) >= 11 is 1.70. The van der Waals surface area contributed by atoms with E-state index in [-0.39, 0.29) is 11.9 Å². The van der Waals surface area contributed by atoms with Gasteiger partial charge in [0.1, 0.15) is 0 Å². The van der Waals surface area contributed by atoms with Gasteiger partial charge >= 0.3 is 0 Å². The Kier molecular flexibility index (Phi) is 4.85. The molecular weight excluding hydrogens is 282 g/mol. The van der Waals surface area contributed by atoms with E-state index in [1.54, 1.807) is 23.5 Å². The van der Waals surface area contributed by atoms with E-state index in [0.717, 1.165) is 12.1 Å². The van der Waals surface area contributed by atoms with E-state index in [2.05, 4.69) is 11.4 Å². The zero-order chi connectivity index (χ0) is 15.4. The highest BCUT2D eigenvalue weighted by molar-refractivity contribution is 7.09. The van der Waals surface area contributed by atoms with E-state index in [1.807, 2.05) is 43.4 Å². The molecule has 2 rings (SSSR count). The largest absolute Gasteiger partial charge is 0.397 e. The normalized spacial score (nSPS) is 12.0. The van der Waals surface area contributed by atoms with Crippen LogP contribution in [0.25, 0.3) is 0 Å². The van der Waals surface area contributed by atoms with Crippen molar-refractivity contribution < 1.29 is 4.79 Å². The summed E-state index contributed by atoms with van der Waals surface area (Å²) in [5.74, 6) is -0.0870. The van der Waals surface area contributed by atoms with Crippen LogP contribution in [0.5, 0.6) is 0 Å². The molecular formula is C16H21N3OS. The fourth-order valence-electron chi connectivity index (χ4n) is 2.19. The van der Waals surface area contributed by atoms with E-state index in [1.165, 1.54) is 4.88 Å². The first-order valence-electron chi connectivity index (χ1n) is 6.87. The Bertz CT molecular complexity index is 608. The van der Waals surface area contributed by atoms with Crippen molar-refractivity contribution in [2.75, 3.05) is 24.7 Å². The van der Waals surface area contributed by atoms with Crippen molar-refractivity contribution in [3.8, 4) is 0 Å². The van der Waals surface area contributed by atoms with Crippen molar-refractivity contribution in [1.82, 2.24) is 5.32 Å². The van der Waals surface area contributed by atoms with Gasteiger partial charge in [-0.2, -0.15) is 0 Å². The summed E-state index contributed by atoms with van der Waals surface area (Å²) < 4.78 is 0. The summed E-state index contributed by atoms with van der Waals surface area (Å²) in [5.41, 5.74) is 8.10. The molecule has 112 valence electrons. The molecule has 1 aromatic heterocycles. The molecule has 1 heterocycles. The number of nitrogen functional groups attached to an aromatic ring is 1. The number of benzene rings is 1. The average Bonchev–Trinajstić information content (AvgIpc) is 2.90. The molecule has 4 nitrogen and oxygen atoms in total. The van der Waals surface area contributed by atoms with Gasteiger partial charge in [0, 0.05) is 37.0 Å². The lowest BCUT2D eigenvalue weighted by Gasteiger charge is -2.17. The van der Waals surface area contributed by atoms with Crippen molar-refractivity contribution in [1.29, 1.82) is 0 Å². The lowest BCUT2D eigenvalue weighted by atomic mass is 10.1. The monoisotopic (exact) mass is 303 g/mol. The quantitative estimate of drug-likeness (QED) is 0.835. The Labute approximate surface area is 129 Å². The molecule has 0 saturated carbocycles. The second-order valence-electron chi connectivity index (χ2n) is 5.33. The second-order valence-corrected chi connectivity index (χ2v) is 6.36. The fourth-order valence-corrected chi connectivity index (χ4v) is 3.03. The molecule has 1 aromatic carbocycles. The molecule has 1 atom stereocenters. The maximum atomic E-state index is 12.2. The van der Waals surface area contributed by atoms with Crippen LogP contribution in [-0.4, -0.2) is 26.0 Å². The van der Waals surface area contributed by atoms with Gasteiger partial charge in [0.05, 0.1) is 11.4 Å². The predicted molar refractivity (Wildman–Crippen MR) is 90.1 cm³/mol. The summed E-state index contributed by atoms with van der Waals surface area (Å²) in [6, 6.07) is 9.59. The number of rotatable bonds is 5. The van der Waals surface area contributed by atoms with Gasteiger partial charge in [0.15, 0.2) is 0 Å². The van der Waals surface area contributed by atoms with E-state index >= 15 is 0 Å². The van der Waals surface area contributed by atoms with Crippen LogP contribution in [0.1, 0.15) is 22.2 Å². The van der Waals surface area contributed by atoms with Gasteiger partial charge in [0.25, 0.3) is 5.91 Å². The molecule has 1 amide bonds. The minimum absolute atomic E-state index is 0.0870. The van der Waals surface area contributed by atoms with Crippen LogP contribution in [0.15, 0.2) is 35.7 Å². The molecule has 0 fully saturated rings. The molecule has 0 aliphatic rings. The Balaban J connectivity index is 2.01. The minimum Gasteiger partial charge on any atom is -0.397 e. The van der Waals surface area contributed by atoms with Gasteiger partial charge in [-0.05, 0) is 36.6 Å². The molecule has 0 radical (unpaired) electrons. The topological polar surface area (TPSA) is 58.4 Å². The van der Waals surface area contributed by atoms with Crippen molar-refractivity contribution in [3.05, 3.63) is 46.2 Å². The zero-order valence-electron chi connectivity index (χ0n) is 12.6. The number of hydrogen-bond donors (Lipinski definition) is 2. The van der Waals surface area contributed by atoms with Crippen LogP contribution in [0, 0.1) is 0 Å². The first kappa shape index (κ1) is 15.4. The number of amides is 1. The number of thiophene rings is 1. The van der Waals surface area contributed by atoms with Gasteiger partial charge < -0.3 is 16.0 Å². The van der Waals surface area contributed by atoms with Gasteiger partial charge in [0.2, 0.25) is 0 Å². The number of anilines is 2. The summed E-state index contributed by atoms with van der Waals surface area (Å²) in [4.78, 5) is 15.4. The standard InChI is InChI=1S/C16H21N3OS/c1-11(9-13-5-4-8-21-13)18-16(20)12-6-7-15(19(2)3)14(17)10-12/h4-8,10-11H,9,17H2,1-3H3,(H,18,20). The van der Waals surface area contributed by atoms with E-state index < -0.39 is 0 Å². The maximum Gasteiger partial charge on any atom is 0.251 e. The number of carbonyl (C=O) groups excluding carboxylic acids is 1. The maximum absolute atomic E-state index is 12.2. The number of nitrogens with one attached hydrogen (secondary N) is 1. The van der Waals surface area contributed by atoms with Crippen molar-refractivity contribution in [2.45, 2.75) is 19.4 Å². The van der Waals surface area contributed by atoms with Crippen molar-refractivity contribution in [3.63, 3.8) is 0 Å². The third kappa shape index (κ3) is 3.98. The summed E-state index contributed by atoms with van der Waals surface area (Å²) in [7, 11) is 3.85. The third-order valence-corrected chi connectivity index (χ3v) is 4.14. The smallest absolute Gasteiger partial charge is 0.251 e. The molecule has 0 spiro atoms. The SMILES string of the molecule is CC(Cc1cccs1)NC(=O)c1ccc(N(C)C)c(N)c1. The Hall–Kier alpha value is -2.01. The third-order valence-electron chi connectivity index (χ3n) is 3.24. The summed E-state index contributed by atoms with van der Waals surface area (Å²) in [6.45, 7) is 2.01. The number of nitrogens with two attached hydrogens (primary N) is 1. The minimum atomic E-state index is -0.0870. The molecule has 0 bridgehead atoms. The molecule has 21 heavy (non-hydrogen) atoms. The first-order valence-corrected chi connectivity index (χ1v) is 7.75. The lowest BCUT2D eigenvalue weighted by Crippen LogP contribution is -2.34. The van der Waals surface area contributed by atoms with Crippen LogP contribution >= 0.6 is 11.3 Å². The van der Waals surface area contributed by atoms with Gasteiger partial charge in [-0.1, -0.05) is 6.07 Å². The first-order chi connectivity index (χ1) is 9.97. The molecule has 0 aliphatic heterocycles. The fraction of sp³-hybridized carbons (Fsp3) is 0.312. The zero-order valence-corrected chi connectivity index (χ0v) is 13.4. The van der Waals surface area contributed by atoms with Gasteiger partial charge in [-0.15, -0.1) is 11.3 Å². The van der Waals surface area contributed by atoms with Gasteiger partial charge in [-0.3, -0.25) is 4.79 Å². The second kappa shape index (κ2) is 6.63. The predicted octanol–water partition coefficient (Wildman–Crippen LogP) is 2.76. The Morgan fingerprint density at radius 2 is 2.14 bits per heavy atom. The molecule has 5 heteroatoms. The average molecular weight is 303 g/mol. The molecule has 0 aliphatic carbocycles. The Morgan fingerprint density at radius 1 is 1.38 bits per heavy atom. The van der Waals surface area contributed by atoms with E-state index in [9.17, 15) is 4.79 Å². The van der Waals surface area contributed by atoms with Crippen LogP contribution in [0.3, 0.4) is 0 Å². The van der Waals surface area contributed by atoms with Crippen LogP contribution in [-0.2, 0) is 6.42 Å². The number of carbonyl (C=O) groups is 1. The molecule has 2 aromatic rings. The van der Waals surface area contributed by atoms with Crippen molar-refractivity contribution >= 4 is 28.6 Å². The van der Waals surface area contributed by atoms with Crippen LogP contribution in [0.2, 0.25) is 0 Å². The molecule has 0 saturated heterocycles. The molecule has 3 N–H and O–H groups in total. The van der Waals surface area contributed by atoms with E-state index in [4.69, 9.17) is 5.73 Å². The van der Waals surface area contributed by atoms with Crippen LogP contribution < -0.4 is 16.0 Å². The number of hydrogen-bond acceptors (Lipinski definition) is 4. The van der Waals surface area contributed by atoms with Gasteiger partial charge in [-0.25, -0.2) is 0 Å². The molecule has 1 unspecified atom stereocenters. The summed E-state index contributed by atoms with van der Waals surface area (Å²) in [5, 5.41) is 5.06. The van der Waals surface area contributed by atoms with Crippen LogP contribution in [0.4, 0.5) is 11.4 Å². The summed E-state index contributed by atoms with van der Waals surface area (Å²) in [6.07, 6.45) is 0.842. The highest BCUT2D eigenvalue weighted by Gasteiger charge is 2.12. The number of nitrogens with zero attached hydrogens (tertiary/aromatic N) is 1. The van der Waals surface area contributed by atoms with Crippen molar-refractivity contribution in [2.24, 2.45) is 0 Å². The highest BCUT2D eigenvalue weighted by atomic mass is 32.1. The Morgan fingerprint density at radius 3 is 2.71 bits per heavy atom. The highest BCUT2D eigenvalue weighted by Crippen LogP contribution is 2.22. The van der Waals surface area contributed by atoms with E-state index in [0.29, 0.717) is 11.3 Å². The lowest BCUT2D eigenvalue weighted by molar-refractivity contribution is 0.0940.